The highest BCUT2D eigenvalue weighted by Gasteiger charge is 2.27. The summed E-state index contributed by atoms with van der Waals surface area (Å²) in [6.45, 7) is 13.5. The normalized spacial score (nSPS) is 22.1. The molecule has 3 atom stereocenters. The third kappa shape index (κ3) is 10.2. The van der Waals surface area contributed by atoms with Gasteiger partial charge in [0.1, 0.15) is 5.82 Å². The van der Waals surface area contributed by atoms with Gasteiger partial charge in [-0.3, -0.25) is 13.9 Å². The van der Waals surface area contributed by atoms with Gasteiger partial charge in [0.15, 0.2) is 0 Å². The number of hydrogen-bond acceptors (Lipinski definition) is 6. The summed E-state index contributed by atoms with van der Waals surface area (Å²) < 4.78 is 26.0. The summed E-state index contributed by atoms with van der Waals surface area (Å²) in [7, 11) is -0.158. The van der Waals surface area contributed by atoms with Crippen LogP contribution in [-0.4, -0.2) is 95.3 Å². The van der Waals surface area contributed by atoms with Crippen LogP contribution in [0.3, 0.4) is 0 Å². The Labute approximate surface area is 272 Å². The third-order valence-electron chi connectivity index (χ3n) is 9.27. The average molecular weight is 641 g/mol. The molecule has 1 aliphatic carbocycles. The first-order valence-electron chi connectivity index (χ1n) is 16.6. The molecule has 0 bridgehead atoms. The van der Waals surface area contributed by atoms with Crippen LogP contribution >= 0.6 is 0 Å². The minimum Gasteiger partial charge on any atom is -0.400 e. The number of nitrogens with zero attached hydrogens (tertiary/aromatic N) is 3. The Balaban J connectivity index is 0.00000226. The van der Waals surface area contributed by atoms with Gasteiger partial charge in [0.2, 0.25) is 5.91 Å². The maximum Gasteiger partial charge on any atom is 0.222 e. The number of aliphatic hydroxyl groups is 1. The number of likely N-dealkylation sites (tertiary alicyclic amines) is 1. The lowest BCUT2D eigenvalue weighted by molar-refractivity contribution is -0.132. The van der Waals surface area contributed by atoms with Crippen LogP contribution < -0.4 is 10.2 Å². The SMILES string of the molecule is CC(C)(C)c1ccc(N2CCN(CCCC(=O)N3CCC(NC4C=CC(S(=O)c5ccc(F)cc5)CC4)CC3)CC2)cc1.CO. The Kier molecular flexibility index (Phi) is 13.2. The molecule has 2 aliphatic heterocycles. The zero-order chi connectivity index (χ0) is 32.4. The minimum absolute atomic E-state index is 0.0300. The standard InChI is InChI=1S/C35H49FN4O2S.CH4O/c1-35(2,3)27-6-12-31(13-7-27)39-25-23-38(24-26-39)20-4-5-34(41)40-21-18-30(19-22-40)37-29-10-16-33(17-11-29)43(42)32-14-8-28(36)9-15-32;1-2/h6-10,12-16,29-30,33,37H,4-5,11,17-26H2,1-3H3;2H,1H3. The van der Waals surface area contributed by atoms with Crippen molar-refractivity contribution in [2.75, 3.05) is 57.8 Å². The van der Waals surface area contributed by atoms with Gasteiger partial charge < -0.3 is 20.2 Å². The molecule has 2 aromatic rings. The van der Waals surface area contributed by atoms with E-state index >= 15 is 0 Å². The molecular weight excluding hydrogens is 587 g/mol. The molecule has 3 aliphatic rings. The summed E-state index contributed by atoms with van der Waals surface area (Å²) >= 11 is 0. The molecule has 3 unspecified atom stereocenters. The number of amides is 1. The van der Waals surface area contributed by atoms with Gasteiger partial charge in [0.05, 0.1) is 16.0 Å². The van der Waals surface area contributed by atoms with Crippen molar-refractivity contribution in [3.8, 4) is 0 Å². The van der Waals surface area contributed by atoms with Gasteiger partial charge in [-0.1, -0.05) is 45.1 Å². The second-order valence-electron chi connectivity index (χ2n) is 13.4. The predicted octanol–water partition coefficient (Wildman–Crippen LogP) is 5.11. The zero-order valence-electron chi connectivity index (χ0n) is 27.6. The summed E-state index contributed by atoms with van der Waals surface area (Å²) in [6, 6.07) is 15.7. The minimum atomic E-state index is -1.16. The number of halogens is 1. The zero-order valence-corrected chi connectivity index (χ0v) is 28.4. The summed E-state index contributed by atoms with van der Waals surface area (Å²) in [5.74, 6) is -0.0141. The smallest absolute Gasteiger partial charge is 0.222 e. The van der Waals surface area contributed by atoms with Crippen molar-refractivity contribution < 1.29 is 18.5 Å². The molecule has 2 saturated heterocycles. The number of hydrogen-bond donors (Lipinski definition) is 2. The molecule has 248 valence electrons. The van der Waals surface area contributed by atoms with E-state index in [0.717, 1.165) is 85.0 Å². The van der Waals surface area contributed by atoms with E-state index in [2.05, 4.69) is 77.2 Å². The number of piperazine rings is 1. The highest BCUT2D eigenvalue weighted by atomic mass is 32.2. The van der Waals surface area contributed by atoms with Crippen LogP contribution in [0, 0.1) is 5.82 Å². The van der Waals surface area contributed by atoms with E-state index in [1.54, 1.807) is 12.1 Å². The topological polar surface area (TPSA) is 76.1 Å². The third-order valence-corrected chi connectivity index (χ3v) is 11.0. The Bertz CT molecular complexity index is 1250. The summed E-state index contributed by atoms with van der Waals surface area (Å²) in [5, 5.41) is 10.7. The van der Waals surface area contributed by atoms with E-state index in [1.807, 2.05) is 0 Å². The van der Waals surface area contributed by atoms with Crippen LogP contribution in [0.5, 0.6) is 0 Å². The summed E-state index contributed by atoms with van der Waals surface area (Å²) in [4.78, 5) is 20.6. The lowest BCUT2D eigenvalue weighted by atomic mass is 9.87. The maximum atomic E-state index is 13.2. The molecule has 2 fully saturated rings. The van der Waals surface area contributed by atoms with Gasteiger partial charge in [-0.2, -0.15) is 0 Å². The van der Waals surface area contributed by atoms with Crippen LogP contribution in [0.2, 0.25) is 0 Å². The van der Waals surface area contributed by atoms with Gasteiger partial charge in [0.25, 0.3) is 0 Å². The van der Waals surface area contributed by atoms with E-state index in [1.165, 1.54) is 23.4 Å². The Hall–Kier alpha value is -2.59. The quantitative estimate of drug-likeness (QED) is 0.371. The second-order valence-corrected chi connectivity index (χ2v) is 15.1. The fourth-order valence-corrected chi connectivity index (χ4v) is 7.80. The first kappa shape index (κ1) is 35.3. The molecule has 45 heavy (non-hydrogen) atoms. The van der Waals surface area contributed by atoms with E-state index < -0.39 is 10.8 Å². The van der Waals surface area contributed by atoms with Crippen molar-refractivity contribution in [1.82, 2.24) is 15.1 Å². The van der Waals surface area contributed by atoms with E-state index in [0.29, 0.717) is 23.3 Å². The molecule has 9 heteroatoms. The molecule has 0 spiro atoms. The Morgan fingerprint density at radius 1 is 0.889 bits per heavy atom. The number of carbonyl (C=O) groups excluding carboxylic acids is 1. The van der Waals surface area contributed by atoms with Gasteiger partial charge in [-0.25, -0.2) is 4.39 Å². The van der Waals surface area contributed by atoms with Crippen LogP contribution in [0.4, 0.5) is 10.1 Å². The van der Waals surface area contributed by atoms with Crippen molar-refractivity contribution in [1.29, 1.82) is 0 Å². The van der Waals surface area contributed by atoms with Crippen LogP contribution in [0.1, 0.15) is 64.9 Å². The first-order valence-corrected chi connectivity index (χ1v) is 17.8. The van der Waals surface area contributed by atoms with Crippen molar-refractivity contribution >= 4 is 22.4 Å². The van der Waals surface area contributed by atoms with E-state index in [9.17, 15) is 13.4 Å². The number of rotatable bonds is 9. The molecule has 2 heterocycles. The van der Waals surface area contributed by atoms with Gasteiger partial charge in [-0.15, -0.1) is 0 Å². The highest BCUT2D eigenvalue weighted by Crippen LogP contribution is 2.26. The number of carbonyl (C=O) groups is 1. The van der Waals surface area contributed by atoms with Gasteiger partial charge in [0, 0.05) is 75.5 Å². The number of nitrogens with one attached hydrogen (secondary N) is 1. The number of benzene rings is 2. The maximum absolute atomic E-state index is 13.2. The molecule has 0 radical (unpaired) electrons. The van der Waals surface area contributed by atoms with E-state index in [-0.39, 0.29) is 22.5 Å². The fraction of sp³-hybridized carbons (Fsp3) is 0.583. The van der Waals surface area contributed by atoms with Crippen molar-refractivity contribution in [3.63, 3.8) is 0 Å². The Morgan fingerprint density at radius 3 is 2.11 bits per heavy atom. The monoisotopic (exact) mass is 640 g/mol. The molecule has 7 nitrogen and oxygen atoms in total. The van der Waals surface area contributed by atoms with Crippen LogP contribution in [-0.2, 0) is 21.0 Å². The molecule has 0 aromatic heterocycles. The average Bonchev–Trinajstić information content (AvgIpc) is 3.06. The first-order chi connectivity index (χ1) is 21.7. The van der Waals surface area contributed by atoms with Crippen molar-refractivity contribution in [2.24, 2.45) is 0 Å². The second kappa shape index (κ2) is 16.8. The summed E-state index contributed by atoms with van der Waals surface area (Å²) in [5.41, 5.74) is 2.86. The summed E-state index contributed by atoms with van der Waals surface area (Å²) in [6.07, 6.45) is 9.48. The largest absolute Gasteiger partial charge is 0.400 e. The molecule has 0 saturated carbocycles. The molecule has 5 rings (SSSR count). The van der Waals surface area contributed by atoms with Gasteiger partial charge in [-0.05, 0) is 86.0 Å². The molecule has 2 aromatic carbocycles. The van der Waals surface area contributed by atoms with Gasteiger partial charge >= 0.3 is 0 Å². The van der Waals surface area contributed by atoms with Crippen molar-refractivity contribution in [2.45, 2.75) is 86.9 Å². The number of aliphatic hydroxyl groups excluding tert-OH is 1. The molecule has 1 amide bonds. The van der Waals surface area contributed by atoms with Crippen molar-refractivity contribution in [3.05, 3.63) is 72.1 Å². The Morgan fingerprint density at radius 2 is 1.53 bits per heavy atom. The number of anilines is 1. The molecular formula is C36H53FN4O3S. The fourth-order valence-electron chi connectivity index (χ4n) is 6.47. The predicted molar refractivity (Wildman–Crippen MR) is 183 cm³/mol. The highest BCUT2D eigenvalue weighted by molar-refractivity contribution is 7.85. The number of piperidine rings is 1. The lowest BCUT2D eigenvalue weighted by Gasteiger charge is -2.37. The van der Waals surface area contributed by atoms with Crippen LogP contribution in [0.15, 0.2) is 65.6 Å². The van der Waals surface area contributed by atoms with E-state index in [4.69, 9.17) is 5.11 Å². The lowest BCUT2D eigenvalue weighted by Crippen LogP contribution is -2.48. The molecule has 2 N–H and O–H groups in total. The van der Waals surface area contributed by atoms with Crippen LogP contribution in [0.25, 0.3) is 0 Å².